The van der Waals surface area contributed by atoms with Crippen molar-refractivity contribution in [3.05, 3.63) is 54.4 Å². The third-order valence-corrected chi connectivity index (χ3v) is 3.84. The first kappa shape index (κ1) is 12.3. The monoisotopic (exact) mass is 270 g/mol. The van der Waals surface area contributed by atoms with Crippen molar-refractivity contribution in [1.29, 1.82) is 0 Å². The van der Waals surface area contributed by atoms with Crippen molar-refractivity contribution in [2.75, 3.05) is 0 Å². The molecule has 0 saturated heterocycles. The molecule has 2 N–H and O–H groups in total. The van der Waals surface area contributed by atoms with Gasteiger partial charge in [-0.05, 0) is 31.2 Å². The van der Waals surface area contributed by atoms with Crippen molar-refractivity contribution in [1.82, 2.24) is 9.97 Å². The third-order valence-electron chi connectivity index (χ3n) is 2.92. The van der Waals surface area contributed by atoms with E-state index in [9.17, 15) is 5.11 Å². The van der Waals surface area contributed by atoms with Crippen molar-refractivity contribution >= 4 is 22.7 Å². The average molecular weight is 270 g/mol. The molecular weight excluding hydrogens is 256 g/mol. The quantitative estimate of drug-likeness (QED) is 0.761. The molecule has 0 bridgehead atoms. The zero-order valence-electron chi connectivity index (χ0n) is 10.5. The van der Waals surface area contributed by atoms with E-state index in [4.69, 9.17) is 0 Å². The number of rotatable bonds is 3. The predicted octanol–water partition coefficient (Wildman–Crippen LogP) is 3.77. The fraction of sp³-hybridized carbons (Fsp3) is 0.133. The van der Waals surface area contributed by atoms with E-state index in [0.717, 1.165) is 15.4 Å². The summed E-state index contributed by atoms with van der Waals surface area (Å²) in [6.45, 7) is 1.72. The molecular formula is C15H14N2OS. The highest BCUT2D eigenvalue weighted by atomic mass is 32.2. The lowest BCUT2D eigenvalue weighted by Crippen LogP contribution is -1.94. The van der Waals surface area contributed by atoms with Crippen LogP contribution >= 0.6 is 11.8 Å². The summed E-state index contributed by atoms with van der Waals surface area (Å²) in [5.74, 6) is 0. The first-order valence-electron chi connectivity index (χ1n) is 6.12. The zero-order valence-corrected chi connectivity index (χ0v) is 11.3. The van der Waals surface area contributed by atoms with Crippen LogP contribution in [-0.4, -0.2) is 15.1 Å². The standard InChI is InChI=1S/C15H14N2OS/c1-10(18)13-7-6-12(9-16-13)19-15-8-11-4-2-3-5-14(11)17-15/h2-10,17-18H,1H3/t10-/m1/s1. The minimum absolute atomic E-state index is 0.521. The second-order valence-electron chi connectivity index (χ2n) is 4.42. The number of benzene rings is 1. The van der Waals surface area contributed by atoms with Crippen molar-refractivity contribution in [3.63, 3.8) is 0 Å². The van der Waals surface area contributed by atoms with Gasteiger partial charge in [0.15, 0.2) is 0 Å². The topological polar surface area (TPSA) is 48.9 Å². The number of hydrogen-bond donors (Lipinski definition) is 2. The fourth-order valence-corrected chi connectivity index (χ4v) is 2.77. The van der Waals surface area contributed by atoms with Gasteiger partial charge in [-0.25, -0.2) is 0 Å². The Bertz CT molecular complexity index is 656. The molecule has 19 heavy (non-hydrogen) atoms. The van der Waals surface area contributed by atoms with Crippen molar-refractivity contribution in [2.45, 2.75) is 22.9 Å². The molecule has 0 saturated carbocycles. The summed E-state index contributed by atoms with van der Waals surface area (Å²) in [6.07, 6.45) is 1.27. The molecule has 3 aromatic rings. The number of aliphatic hydroxyl groups excluding tert-OH is 1. The summed E-state index contributed by atoms with van der Waals surface area (Å²) in [4.78, 5) is 8.66. The Hall–Kier alpha value is -1.78. The number of nitrogens with zero attached hydrogens (tertiary/aromatic N) is 1. The number of aromatic nitrogens is 2. The second kappa shape index (κ2) is 5.07. The van der Waals surface area contributed by atoms with Gasteiger partial charge in [0.2, 0.25) is 0 Å². The van der Waals surface area contributed by atoms with Crippen LogP contribution in [0.15, 0.2) is 58.6 Å². The van der Waals surface area contributed by atoms with Gasteiger partial charge in [0.25, 0.3) is 0 Å². The molecule has 4 heteroatoms. The number of H-pyrrole nitrogens is 1. The number of pyridine rings is 1. The molecule has 2 aromatic heterocycles. The van der Waals surface area contributed by atoms with Crippen LogP contribution in [0.25, 0.3) is 10.9 Å². The van der Waals surface area contributed by atoms with E-state index < -0.39 is 6.10 Å². The Kier molecular flexibility index (Phi) is 3.27. The molecule has 0 radical (unpaired) electrons. The molecule has 1 atom stereocenters. The highest BCUT2D eigenvalue weighted by Gasteiger charge is 2.05. The van der Waals surface area contributed by atoms with Crippen LogP contribution in [0.2, 0.25) is 0 Å². The first-order chi connectivity index (χ1) is 9.22. The van der Waals surface area contributed by atoms with Gasteiger partial charge in [-0.3, -0.25) is 4.98 Å². The van der Waals surface area contributed by atoms with Crippen LogP contribution in [0.4, 0.5) is 0 Å². The lowest BCUT2D eigenvalue weighted by atomic mass is 10.2. The number of aromatic amines is 1. The van der Waals surface area contributed by atoms with Crippen LogP contribution in [0.3, 0.4) is 0 Å². The molecule has 3 nitrogen and oxygen atoms in total. The number of aliphatic hydroxyl groups is 1. The Morgan fingerprint density at radius 1 is 1.21 bits per heavy atom. The van der Waals surface area contributed by atoms with E-state index in [1.54, 1.807) is 24.9 Å². The molecule has 0 fully saturated rings. The Morgan fingerprint density at radius 2 is 2.05 bits per heavy atom. The van der Waals surface area contributed by atoms with Gasteiger partial charge >= 0.3 is 0 Å². The number of hydrogen-bond acceptors (Lipinski definition) is 3. The van der Waals surface area contributed by atoms with Crippen LogP contribution in [0.5, 0.6) is 0 Å². The Balaban J connectivity index is 1.84. The molecule has 0 aliphatic carbocycles. The summed E-state index contributed by atoms with van der Waals surface area (Å²) in [6, 6.07) is 14.2. The van der Waals surface area contributed by atoms with Gasteiger partial charge in [0.05, 0.1) is 16.8 Å². The maximum atomic E-state index is 9.42. The molecule has 0 spiro atoms. The molecule has 1 aromatic carbocycles. The SMILES string of the molecule is C[C@@H](O)c1ccc(Sc2cc3ccccc3[nH]2)cn1. The molecule has 0 aliphatic rings. The minimum Gasteiger partial charge on any atom is -0.387 e. The van der Waals surface area contributed by atoms with Crippen molar-refractivity contribution < 1.29 is 5.11 Å². The van der Waals surface area contributed by atoms with Crippen LogP contribution in [0.1, 0.15) is 18.7 Å². The van der Waals surface area contributed by atoms with Crippen molar-refractivity contribution in [3.8, 4) is 0 Å². The largest absolute Gasteiger partial charge is 0.387 e. The van der Waals surface area contributed by atoms with Gasteiger partial charge in [-0.15, -0.1) is 0 Å². The Morgan fingerprint density at radius 3 is 2.74 bits per heavy atom. The molecule has 0 unspecified atom stereocenters. The van der Waals surface area contributed by atoms with E-state index in [2.05, 4.69) is 28.2 Å². The molecule has 3 rings (SSSR count). The van der Waals surface area contributed by atoms with Gasteiger partial charge in [-0.2, -0.15) is 0 Å². The summed E-state index contributed by atoms with van der Waals surface area (Å²) in [5, 5.41) is 11.7. The van der Waals surface area contributed by atoms with E-state index >= 15 is 0 Å². The summed E-state index contributed by atoms with van der Waals surface area (Å²) >= 11 is 1.63. The van der Waals surface area contributed by atoms with Crippen LogP contribution in [0, 0.1) is 0 Å². The highest BCUT2D eigenvalue weighted by molar-refractivity contribution is 7.99. The number of para-hydroxylation sites is 1. The zero-order chi connectivity index (χ0) is 13.2. The van der Waals surface area contributed by atoms with Crippen LogP contribution in [-0.2, 0) is 0 Å². The number of nitrogens with one attached hydrogen (secondary N) is 1. The normalized spacial score (nSPS) is 12.7. The molecule has 0 aliphatic heterocycles. The van der Waals surface area contributed by atoms with Crippen molar-refractivity contribution in [2.24, 2.45) is 0 Å². The Labute approximate surface area is 115 Å². The predicted molar refractivity (Wildman–Crippen MR) is 77.3 cm³/mol. The molecule has 2 heterocycles. The lowest BCUT2D eigenvalue weighted by Gasteiger charge is -2.04. The lowest BCUT2D eigenvalue weighted by molar-refractivity contribution is 0.194. The van der Waals surface area contributed by atoms with E-state index in [0.29, 0.717) is 5.69 Å². The van der Waals surface area contributed by atoms with E-state index in [-0.39, 0.29) is 0 Å². The van der Waals surface area contributed by atoms with Crippen LogP contribution < -0.4 is 0 Å². The summed E-state index contributed by atoms with van der Waals surface area (Å²) in [5.41, 5.74) is 1.83. The van der Waals surface area contributed by atoms with Gasteiger partial charge < -0.3 is 10.1 Å². The summed E-state index contributed by atoms with van der Waals surface area (Å²) in [7, 11) is 0. The van der Waals surface area contributed by atoms with Gasteiger partial charge in [0.1, 0.15) is 0 Å². The third kappa shape index (κ3) is 2.64. The number of fused-ring (bicyclic) bond motifs is 1. The maximum absolute atomic E-state index is 9.42. The van der Waals surface area contributed by atoms with Gasteiger partial charge in [-0.1, -0.05) is 30.0 Å². The van der Waals surface area contributed by atoms with Gasteiger partial charge in [0, 0.05) is 22.0 Å². The fourth-order valence-electron chi connectivity index (χ4n) is 1.93. The minimum atomic E-state index is -0.521. The smallest absolute Gasteiger partial charge is 0.0931 e. The average Bonchev–Trinajstić information content (AvgIpc) is 2.81. The molecule has 0 amide bonds. The van der Waals surface area contributed by atoms with E-state index in [1.807, 2.05) is 24.3 Å². The summed E-state index contributed by atoms with van der Waals surface area (Å²) < 4.78 is 0. The molecule has 96 valence electrons. The highest BCUT2D eigenvalue weighted by Crippen LogP contribution is 2.29. The second-order valence-corrected chi connectivity index (χ2v) is 5.53. The first-order valence-corrected chi connectivity index (χ1v) is 6.93. The maximum Gasteiger partial charge on any atom is 0.0931 e. The van der Waals surface area contributed by atoms with E-state index in [1.165, 1.54) is 5.39 Å².